The first-order valence-electron chi connectivity index (χ1n) is 26.1. The average Bonchev–Trinajstić information content (AvgIpc) is 3.51. The van der Waals surface area contributed by atoms with Gasteiger partial charge in [-0.05, 0) is 37.8 Å². The number of benzene rings is 2. The monoisotopic (exact) mass is 1130 g/mol. The van der Waals surface area contributed by atoms with E-state index in [1.54, 1.807) is 27.7 Å². The van der Waals surface area contributed by atoms with Gasteiger partial charge in [0.1, 0.15) is 37.3 Å². The highest BCUT2D eigenvalue weighted by atomic mass is 16.7. The van der Waals surface area contributed by atoms with Crippen molar-refractivity contribution in [2.75, 3.05) is 34.2 Å². The maximum atomic E-state index is 13.4. The number of methoxy groups -OCH3 is 2. The third-order valence-corrected chi connectivity index (χ3v) is 12.7. The molecule has 81 heavy (non-hydrogen) atoms. The first-order chi connectivity index (χ1) is 38.5. The molecular weight excluding hydrogens is 1060 g/mol. The van der Waals surface area contributed by atoms with Crippen LogP contribution in [0.1, 0.15) is 87.5 Å². The Morgan fingerprint density at radius 3 is 1.46 bits per heavy atom. The molecule has 23 nitrogen and oxygen atoms in total. The van der Waals surface area contributed by atoms with Crippen LogP contribution in [0.3, 0.4) is 0 Å². The highest BCUT2D eigenvalue weighted by molar-refractivity contribution is 5.99. The molecule has 2 aliphatic heterocycles. The smallest absolute Gasteiger partial charge is 0.332 e. The molecule has 8 atom stereocenters. The van der Waals surface area contributed by atoms with E-state index in [0.717, 1.165) is 11.1 Å². The molecule has 0 saturated carbocycles. The van der Waals surface area contributed by atoms with Crippen LogP contribution in [0.2, 0.25) is 0 Å². The molecule has 4 aromatic rings. The molecule has 0 unspecified atom stereocenters. The molecule has 2 aliphatic rings. The fourth-order valence-corrected chi connectivity index (χ4v) is 7.94. The van der Waals surface area contributed by atoms with Gasteiger partial charge in [0.2, 0.25) is 6.79 Å². The van der Waals surface area contributed by atoms with Crippen LogP contribution in [-0.2, 0) is 74.8 Å². The van der Waals surface area contributed by atoms with E-state index < -0.39 is 132 Å². The van der Waals surface area contributed by atoms with Crippen molar-refractivity contribution in [2.24, 2.45) is 29.6 Å². The van der Waals surface area contributed by atoms with Gasteiger partial charge in [0.25, 0.3) is 11.8 Å². The van der Waals surface area contributed by atoms with Gasteiger partial charge in [-0.15, -0.1) is 0 Å². The average molecular weight is 1130 g/mol. The number of nitrogens with zero attached hydrogens (tertiary/aromatic N) is 2. The number of carbonyl (C=O) groups is 8. The van der Waals surface area contributed by atoms with Crippen LogP contribution >= 0.6 is 0 Å². The van der Waals surface area contributed by atoms with E-state index in [2.05, 4.69) is 27.2 Å². The summed E-state index contributed by atoms with van der Waals surface area (Å²) < 4.78 is 54.9. The summed E-state index contributed by atoms with van der Waals surface area (Å²) in [6.07, 6.45) is -1.47. The summed E-state index contributed by atoms with van der Waals surface area (Å²) in [6, 6.07) is 18.2. The quantitative estimate of drug-likeness (QED) is 0.0456. The van der Waals surface area contributed by atoms with E-state index in [1.165, 1.54) is 52.6 Å². The van der Waals surface area contributed by atoms with Gasteiger partial charge in [-0.1, -0.05) is 109 Å². The predicted octanol–water partition coefficient (Wildman–Crippen LogP) is 5.44. The summed E-state index contributed by atoms with van der Waals surface area (Å²) in [6.45, 7) is 15.9. The molecule has 2 aromatic carbocycles. The Kier molecular flexibility index (Phi) is 23.4. The number of ether oxygens (including phenoxy) is 10. The van der Waals surface area contributed by atoms with Crippen LogP contribution in [0, 0.1) is 29.6 Å². The van der Waals surface area contributed by atoms with Gasteiger partial charge in [0.15, 0.2) is 58.7 Å². The summed E-state index contributed by atoms with van der Waals surface area (Å²) in [5.41, 5.74) is 0.982. The standard InChI is InChI=1S/C32H40N2O10.C26H30N2O9/c1-18(2)20(5)41-17-42-28-25(39-7)13-14-33-26(28)29(35)34-24-16-40-31(37)23(15-22-11-9-8-10-12-22)27(21(6)43-32(24)38)44-30(36)19(3)4;1-14(2)24(31)37-22-15(3)36-26(33)18(28-23(30)20-21(29)19(34-4)10-11-27-20)13-35-25(32)17(22)12-16-8-6-5-7-9-16/h8-14,18-19,21,23-24,27H,5,15-17H2,1-4,6-7H3,(H,34,35);5-11,14-15,17-18,22,29H,12-13H2,1-4H3,(H,28,30)/t21-,23+,24-,27-;15-,17+,18-,22-/m00/s1. The highest BCUT2D eigenvalue weighted by Gasteiger charge is 2.44. The van der Waals surface area contributed by atoms with Gasteiger partial charge in [-0.2, -0.15) is 0 Å². The van der Waals surface area contributed by atoms with E-state index in [1.807, 2.05) is 74.5 Å². The fourth-order valence-electron chi connectivity index (χ4n) is 7.94. The lowest BCUT2D eigenvalue weighted by molar-refractivity contribution is -0.176. The van der Waals surface area contributed by atoms with Gasteiger partial charge >= 0.3 is 35.8 Å². The van der Waals surface area contributed by atoms with E-state index >= 15 is 0 Å². The van der Waals surface area contributed by atoms with E-state index in [9.17, 15) is 43.5 Å². The lowest BCUT2D eigenvalue weighted by Gasteiger charge is -2.29. The van der Waals surface area contributed by atoms with Gasteiger partial charge in [-0.25, -0.2) is 19.6 Å². The summed E-state index contributed by atoms with van der Waals surface area (Å²) in [7, 11) is 2.70. The van der Waals surface area contributed by atoms with Crippen molar-refractivity contribution in [3.05, 3.63) is 120 Å². The number of pyridine rings is 2. The van der Waals surface area contributed by atoms with Crippen LogP contribution in [0.15, 0.2) is 97.5 Å². The molecule has 23 heteroatoms. The molecule has 0 bridgehead atoms. The minimum atomic E-state index is -1.41. The van der Waals surface area contributed by atoms with Crippen LogP contribution in [0.25, 0.3) is 0 Å². The summed E-state index contributed by atoms with van der Waals surface area (Å²) in [5.74, 6) is -8.90. The third-order valence-electron chi connectivity index (χ3n) is 12.7. The summed E-state index contributed by atoms with van der Waals surface area (Å²) in [4.78, 5) is 112. The predicted molar refractivity (Wildman–Crippen MR) is 286 cm³/mol. The fraction of sp³-hybridized carbons (Fsp3) is 0.448. The molecule has 2 saturated heterocycles. The largest absolute Gasteiger partial charge is 0.503 e. The topological polar surface area (TPSA) is 299 Å². The summed E-state index contributed by atoms with van der Waals surface area (Å²) in [5, 5.41) is 15.1. The number of rotatable bonds is 19. The van der Waals surface area contributed by atoms with Gasteiger partial charge in [0, 0.05) is 30.4 Å². The van der Waals surface area contributed by atoms with E-state index in [4.69, 9.17) is 47.4 Å². The molecule has 4 heterocycles. The maximum Gasteiger partial charge on any atom is 0.332 e. The second-order valence-corrected chi connectivity index (χ2v) is 19.7. The zero-order valence-corrected chi connectivity index (χ0v) is 46.9. The van der Waals surface area contributed by atoms with Crippen molar-refractivity contribution < 1.29 is 90.8 Å². The van der Waals surface area contributed by atoms with E-state index in [0.29, 0.717) is 5.76 Å². The molecule has 2 fully saturated rings. The minimum absolute atomic E-state index is 0.0100. The molecule has 2 amide bonds. The van der Waals surface area contributed by atoms with Gasteiger partial charge in [-0.3, -0.25) is 28.8 Å². The molecule has 3 N–H and O–H groups in total. The maximum absolute atomic E-state index is 13.4. The molecule has 0 spiro atoms. The number of cyclic esters (lactones) is 4. The molecular formula is C58H70N4O19. The molecule has 0 aliphatic carbocycles. The SMILES string of the molecule is C=C(OCOc1c(OC)ccnc1C(=O)N[C@H]1COC(=O)[C@H](Cc2ccccc2)[C@@H](OC(=O)C(C)C)[C@H](C)OC1=O)C(C)C.COc1ccnc(C(=O)N[C@H]2COC(=O)[C@H](Cc3ccccc3)[C@@H](OC(=O)C(C)C)[C@H](C)OC2=O)c1O. The Labute approximate surface area is 469 Å². The summed E-state index contributed by atoms with van der Waals surface area (Å²) >= 11 is 0. The third kappa shape index (κ3) is 17.6. The van der Waals surface area contributed by atoms with Crippen molar-refractivity contribution in [1.82, 2.24) is 20.6 Å². The second-order valence-electron chi connectivity index (χ2n) is 19.7. The van der Waals surface area contributed by atoms with Crippen LogP contribution < -0.4 is 24.8 Å². The number of esters is 6. The highest BCUT2D eigenvalue weighted by Crippen LogP contribution is 2.32. The normalized spacial score (nSPS) is 21.1. The zero-order chi connectivity index (χ0) is 59.5. The second kappa shape index (κ2) is 30.0. The first-order valence-corrected chi connectivity index (χ1v) is 26.1. The first kappa shape index (κ1) is 63.1. The minimum Gasteiger partial charge on any atom is -0.503 e. The Hall–Kier alpha value is -8.76. The number of nitrogens with one attached hydrogen (secondary N) is 2. The Morgan fingerprint density at radius 2 is 1.04 bits per heavy atom. The zero-order valence-electron chi connectivity index (χ0n) is 46.9. The number of allylic oxidation sites excluding steroid dienone is 1. The molecule has 6 rings (SSSR count). The van der Waals surface area contributed by atoms with Crippen LogP contribution in [-0.4, -0.2) is 133 Å². The van der Waals surface area contributed by atoms with E-state index in [-0.39, 0.29) is 48.5 Å². The Bertz CT molecular complexity index is 2840. The van der Waals surface area contributed by atoms with Crippen LogP contribution in [0.5, 0.6) is 23.0 Å². The van der Waals surface area contributed by atoms with Crippen molar-refractivity contribution in [2.45, 2.75) is 105 Å². The molecule has 2 aromatic heterocycles. The van der Waals surface area contributed by atoms with Crippen molar-refractivity contribution in [3.63, 3.8) is 0 Å². The van der Waals surface area contributed by atoms with Crippen molar-refractivity contribution >= 4 is 47.6 Å². The lowest BCUT2D eigenvalue weighted by atomic mass is 9.91. The number of amides is 2. The number of hydrogen-bond acceptors (Lipinski definition) is 21. The van der Waals surface area contributed by atoms with Gasteiger partial charge in [0.05, 0.1) is 31.8 Å². The lowest BCUT2D eigenvalue weighted by Crippen LogP contribution is -2.47. The van der Waals surface area contributed by atoms with Crippen molar-refractivity contribution in [1.29, 1.82) is 0 Å². The molecule has 0 radical (unpaired) electrons. The van der Waals surface area contributed by atoms with Crippen molar-refractivity contribution in [3.8, 4) is 23.0 Å². The Balaban J connectivity index is 0.000000302. The Morgan fingerprint density at radius 1 is 0.617 bits per heavy atom. The number of hydrogen-bond donors (Lipinski definition) is 3. The molecule has 436 valence electrons. The number of carbonyl (C=O) groups excluding carboxylic acids is 8. The number of aromatic hydroxyl groups is 1. The number of aromatic nitrogens is 2. The van der Waals surface area contributed by atoms with Gasteiger partial charge < -0.3 is 63.1 Å². The van der Waals surface area contributed by atoms with Crippen LogP contribution in [0.4, 0.5) is 0 Å².